The Hall–Kier alpha value is -0.170. The molecule has 0 aliphatic carbocycles. The van der Waals surface area contributed by atoms with Gasteiger partial charge in [0.15, 0.2) is 0 Å². The lowest BCUT2D eigenvalue weighted by Gasteiger charge is -2.15. The van der Waals surface area contributed by atoms with Gasteiger partial charge in [0.05, 0.1) is 18.9 Å². The van der Waals surface area contributed by atoms with Crippen molar-refractivity contribution in [3.05, 3.63) is 30.3 Å². The maximum atomic E-state index is 12.1. The molecule has 0 amide bonds. The molecule has 1 atom stereocenters. The lowest BCUT2D eigenvalue weighted by molar-refractivity contribution is 0.204. The lowest BCUT2D eigenvalue weighted by atomic mass is 10.1. The van der Waals surface area contributed by atoms with E-state index >= 15 is 0 Å². The molecule has 28 heavy (non-hydrogen) atoms. The van der Waals surface area contributed by atoms with Gasteiger partial charge in [0.1, 0.15) is 0 Å². The molecule has 4 N–H and O–H groups in total. The van der Waals surface area contributed by atoms with Crippen molar-refractivity contribution in [3.8, 4) is 0 Å². The predicted molar refractivity (Wildman–Crippen MR) is 115 cm³/mol. The third-order valence-electron chi connectivity index (χ3n) is 4.16. The first-order chi connectivity index (χ1) is 13.3. The van der Waals surface area contributed by atoms with E-state index < -0.39 is 21.4 Å². The van der Waals surface area contributed by atoms with Gasteiger partial charge < -0.3 is 14.3 Å². The van der Waals surface area contributed by atoms with Crippen LogP contribution in [0.25, 0.3) is 0 Å². The smallest absolute Gasteiger partial charge is 0.324 e. The molecule has 0 bridgehead atoms. The third-order valence-corrected chi connectivity index (χ3v) is 8.09. The molecular formula is C18H33NO6P2S. The topological polar surface area (TPSA) is 119 Å². The van der Waals surface area contributed by atoms with E-state index in [9.17, 15) is 9.13 Å². The van der Waals surface area contributed by atoms with Gasteiger partial charge in [0, 0.05) is 4.90 Å². The molecule has 10 heteroatoms. The molecule has 7 nitrogen and oxygen atoms in total. The van der Waals surface area contributed by atoms with Crippen LogP contribution in [0.2, 0.25) is 0 Å². The van der Waals surface area contributed by atoms with Gasteiger partial charge in [-0.1, -0.05) is 56.7 Å². The molecule has 1 aromatic carbocycles. The van der Waals surface area contributed by atoms with Gasteiger partial charge >= 0.3 is 15.2 Å². The summed E-state index contributed by atoms with van der Waals surface area (Å²) >= 11 is 1.91. The van der Waals surface area contributed by atoms with Gasteiger partial charge in [0.25, 0.3) is 0 Å². The number of hydrogen-bond donors (Lipinski definition) is 3. The second-order valence-corrected chi connectivity index (χ2v) is 11.7. The zero-order chi connectivity index (χ0) is 20.7. The van der Waals surface area contributed by atoms with Gasteiger partial charge in [-0.3, -0.25) is 9.13 Å². The average Bonchev–Trinajstić information content (AvgIpc) is 2.67. The highest BCUT2D eigenvalue weighted by Crippen LogP contribution is 2.50. The molecule has 0 saturated heterocycles. The van der Waals surface area contributed by atoms with Gasteiger partial charge in [-0.05, 0) is 30.7 Å². The zero-order valence-corrected chi connectivity index (χ0v) is 18.9. The number of benzene rings is 1. The minimum atomic E-state index is -4.25. The number of hydrogen-bond acceptors (Lipinski definition) is 6. The number of unbranched alkanes of at least 4 members (excludes halogenated alkanes) is 7. The van der Waals surface area contributed by atoms with Crippen molar-refractivity contribution in [2.75, 3.05) is 24.7 Å². The van der Waals surface area contributed by atoms with Crippen LogP contribution >= 0.6 is 27.0 Å². The molecule has 0 saturated carbocycles. The number of thioether (sulfide) groups is 1. The molecule has 0 spiro atoms. The average molecular weight is 453 g/mol. The van der Waals surface area contributed by atoms with Crippen molar-refractivity contribution >= 4 is 27.0 Å². The molecule has 1 unspecified atom stereocenters. The molecule has 0 aliphatic heterocycles. The first-order valence-corrected chi connectivity index (χ1v) is 14.2. The van der Waals surface area contributed by atoms with E-state index in [0.29, 0.717) is 0 Å². The van der Waals surface area contributed by atoms with E-state index in [-0.39, 0.29) is 12.8 Å². The van der Waals surface area contributed by atoms with E-state index in [0.717, 1.165) is 31.4 Å². The summed E-state index contributed by atoms with van der Waals surface area (Å²) in [6.45, 7) is 0.215. The van der Waals surface area contributed by atoms with Crippen molar-refractivity contribution in [3.63, 3.8) is 0 Å². The Kier molecular flexibility index (Phi) is 13.6. The standard InChI is InChI=1S/C18H33NO6P2S/c19-25-27(23,16-15-26(20,21)22)24-14-10-5-3-1-2-4-6-11-17-28-18-12-8-7-9-13-18/h7-9,12-13H,1-6,10-11,14-17,19H2,(H2,20,21,22). The minimum absolute atomic E-state index is 0.215. The quantitative estimate of drug-likeness (QED) is 0.128. The van der Waals surface area contributed by atoms with Crippen molar-refractivity contribution in [1.82, 2.24) is 0 Å². The summed E-state index contributed by atoms with van der Waals surface area (Å²) in [5.74, 6) is 6.12. The lowest BCUT2D eigenvalue weighted by Crippen LogP contribution is -2.08. The van der Waals surface area contributed by atoms with Crippen LogP contribution in [0.3, 0.4) is 0 Å². The predicted octanol–water partition coefficient (Wildman–Crippen LogP) is 5.18. The van der Waals surface area contributed by atoms with Crippen LogP contribution in [0, 0.1) is 0 Å². The second kappa shape index (κ2) is 14.8. The summed E-state index contributed by atoms with van der Waals surface area (Å²) in [7, 11) is -7.86. The Morgan fingerprint density at radius 1 is 0.857 bits per heavy atom. The highest BCUT2D eigenvalue weighted by atomic mass is 32.2. The SMILES string of the molecule is NOP(=O)(CCP(=O)(O)O)OCCCCCCCCCCSc1ccccc1. The summed E-state index contributed by atoms with van der Waals surface area (Å²) in [6.07, 6.45) is 7.91. The van der Waals surface area contributed by atoms with Crippen LogP contribution in [0.1, 0.15) is 51.4 Å². The molecule has 1 aromatic rings. The number of nitrogens with two attached hydrogens (primary N) is 1. The molecule has 0 radical (unpaired) electrons. The van der Waals surface area contributed by atoms with E-state index in [1.54, 1.807) is 0 Å². The van der Waals surface area contributed by atoms with Gasteiger partial charge in [-0.2, -0.15) is 0 Å². The fourth-order valence-corrected chi connectivity index (χ4v) is 6.23. The zero-order valence-electron chi connectivity index (χ0n) is 16.3. The highest BCUT2D eigenvalue weighted by Gasteiger charge is 2.28. The summed E-state index contributed by atoms with van der Waals surface area (Å²) < 4.78 is 32.4. The Bertz CT molecular complexity index is 613. The van der Waals surface area contributed by atoms with E-state index in [1.807, 2.05) is 17.8 Å². The largest absolute Gasteiger partial charge is 0.347 e. The molecule has 1 rings (SSSR count). The Morgan fingerprint density at radius 3 is 2.00 bits per heavy atom. The van der Waals surface area contributed by atoms with Crippen molar-refractivity contribution in [2.24, 2.45) is 5.90 Å². The molecule has 0 aliphatic rings. The van der Waals surface area contributed by atoms with Crippen molar-refractivity contribution < 1.29 is 28.1 Å². The summed E-state index contributed by atoms with van der Waals surface area (Å²) in [5.41, 5.74) is 0. The van der Waals surface area contributed by atoms with Crippen LogP contribution in [-0.4, -0.2) is 34.5 Å². The molecule has 0 aromatic heterocycles. The van der Waals surface area contributed by atoms with Crippen LogP contribution in [0.15, 0.2) is 35.2 Å². The molecular weight excluding hydrogens is 420 g/mol. The second-order valence-electron chi connectivity index (χ2n) is 6.65. The van der Waals surface area contributed by atoms with Crippen LogP contribution in [-0.2, 0) is 18.3 Å². The Labute approximate surface area is 172 Å². The van der Waals surface area contributed by atoms with Crippen molar-refractivity contribution in [1.29, 1.82) is 0 Å². The maximum Gasteiger partial charge on any atom is 0.347 e. The normalized spacial score (nSPS) is 14.1. The summed E-state index contributed by atoms with van der Waals surface area (Å²) in [5, 5.41) is 0. The Balaban J connectivity index is 1.93. The van der Waals surface area contributed by atoms with Crippen molar-refractivity contribution in [2.45, 2.75) is 56.3 Å². The van der Waals surface area contributed by atoms with Gasteiger partial charge in [-0.25, -0.2) is 10.5 Å². The summed E-state index contributed by atoms with van der Waals surface area (Å²) in [4.78, 5) is 19.0. The molecule has 162 valence electrons. The van der Waals surface area contributed by atoms with E-state index in [2.05, 4.69) is 28.9 Å². The Morgan fingerprint density at radius 2 is 1.43 bits per heavy atom. The minimum Gasteiger partial charge on any atom is -0.324 e. The van der Waals surface area contributed by atoms with Gasteiger partial charge in [0.2, 0.25) is 0 Å². The fraction of sp³-hybridized carbons (Fsp3) is 0.667. The van der Waals surface area contributed by atoms with Crippen LogP contribution in [0.5, 0.6) is 0 Å². The van der Waals surface area contributed by atoms with Crippen LogP contribution in [0.4, 0.5) is 0 Å². The van der Waals surface area contributed by atoms with E-state index in [4.69, 9.17) is 20.2 Å². The molecule has 0 heterocycles. The van der Waals surface area contributed by atoms with Crippen LogP contribution < -0.4 is 5.90 Å². The monoisotopic (exact) mass is 453 g/mol. The first kappa shape index (κ1) is 25.9. The fourth-order valence-electron chi connectivity index (χ4n) is 2.58. The third kappa shape index (κ3) is 13.9. The molecule has 0 fully saturated rings. The first-order valence-electron chi connectivity index (χ1n) is 9.69. The van der Waals surface area contributed by atoms with Gasteiger partial charge in [-0.15, -0.1) is 11.8 Å². The highest BCUT2D eigenvalue weighted by molar-refractivity contribution is 7.99. The van der Waals surface area contributed by atoms with E-state index in [1.165, 1.54) is 30.6 Å². The maximum absolute atomic E-state index is 12.1. The number of rotatable bonds is 17. The summed E-state index contributed by atoms with van der Waals surface area (Å²) in [6, 6.07) is 10.5.